The van der Waals surface area contributed by atoms with E-state index in [0.29, 0.717) is 18.0 Å². The Morgan fingerprint density at radius 1 is 1.54 bits per heavy atom. The van der Waals surface area contributed by atoms with Gasteiger partial charge < -0.3 is 10.5 Å². The van der Waals surface area contributed by atoms with Gasteiger partial charge in [-0.25, -0.2) is 0 Å². The smallest absolute Gasteiger partial charge is 0.0750 e. The van der Waals surface area contributed by atoms with Crippen LogP contribution < -0.4 is 5.73 Å². The largest absolute Gasteiger partial charge is 0.393 e. The highest BCUT2D eigenvalue weighted by Gasteiger charge is 1.94. The fourth-order valence-corrected chi connectivity index (χ4v) is 1.68. The Bertz CT molecular complexity index is 246. The molecule has 0 atom stereocenters. The molecular weight excluding hydrogens is 202 g/mol. The van der Waals surface area contributed by atoms with Crippen molar-refractivity contribution in [1.82, 2.24) is 0 Å². The average molecular weight is 215 g/mol. The lowest BCUT2D eigenvalue weighted by atomic mass is 10.4. The molecule has 1 aromatic rings. The van der Waals surface area contributed by atoms with Crippen LogP contribution in [0.1, 0.15) is 11.3 Å². The van der Waals surface area contributed by atoms with E-state index in [1.165, 1.54) is 4.88 Å². The molecule has 13 heavy (non-hydrogen) atoms. The Hall–Kier alpha value is -0.450. The second-order valence-electron chi connectivity index (χ2n) is 2.66. The van der Waals surface area contributed by atoms with E-state index in [1.807, 2.05) is 0 Å². The summed E-state index contributed by atoms with van der Waals surface area (Å²) in [5, 5.41) is 2.07. The molecule has 2 N–H and O–H groups in total. The maximum Gasteiger partial charge on any atom is 0.0750 e. The molecule has 4 heteroatoms. The van der Waals surface area contributed by atoms with E-state index in [0.717, 1.165) is 13.0 Å². The van der Waals surface area contributed by atoms with Crippen LogP contribution in [0.25, 0.3) is 0 Å². The standard InChI is InChI=1S/C9H13NOS2/c10-9(12)4-6-11-5-3-8-2-1-7-13-8/h1-2,7H,3-6H2,(H2,10,12). The summed E-state index contributed by atoms with van der Waals surface area (Å²) < 4.78 is 5.36. The third-order valence-corrected chi connectivity index (χ3v) is 2.71. The van der Waals surface area contributed by atoms with Crippen LogP contribution in [-0.2, 0) is 11.2 Å². The number of rotatable bonds is 6. The summed E-state index contributed by atoms with van der Waals surface area (Å²) in [6.45, 7) is 1.39. The Balaban J connectivity index is 1.99. The first kappa shape index (κ1) is 10.6. The van der Waals surface area contributed by atoms with E-state index in [9.17, 15) is 0 Å². The van der Waals surface area contributed by atoms with E-state index in [-0.39, 0.29) is 0 Å². The molecule has 1 rings (SSSR count). The van der Waals surface area contributed by atoms with Crippen LogP contribution in [0, 0.1) is 0 Å². The molecule has 1 aromatic heterocycles. The van der Waals surface area contributed by atoms with Gasteiger partial charge >= 0.3 is 0 Å². The monoisotopic (exact) mass is 215 g/mol. The molecule has 0 bridgehead atoms. The normalized spacial score (nSPS) is 10.2. The first-order valence-corrected chi connectivity index (χ1v) is 5.46. The first-order chi connectivity index (χ1) is 6.29. The van der Waals surface area contributed by atoms with Gasteiger partial charge in [0.25, 0.3) is 0 Å². The summed E-state index contributed by atoms with van der Waals surface area (Å²) in [5.41, 5.74) is 5.32. The van der Waals surface area contributed by atoms with Crippen molar-refractivity contribution in [3.05, 3.63) is 22.4 Å². The zero-order valence-corrected chi connectivity index (χ0v) is 9.00. The van der Waals surface area contributed by atoms with Gasteiger partial charge in [-0.2, -0.15) is 0 Å². The quantitative estimate of drug-likeness (QED) is 0.582. The fraction of sp³-hybridized carbons (Fsp3) is 0.444. The maximum atomic E-state index is 5.36. The van der Waals surface area contributed by atoms with E-state index in [1.54, 1.807) is 11.3 Å². The van der Waals surface area contributed by atoms with Gasteiger partial charge in [0.05, 0.1) is 18.2 Å². The molecule has 72 valence electrons. The molecule has 0 spiro atoms. The van der Waals surface area contributed by atoms with E-state index >= 15 is 0 Å². The number of thiophene rings is 1. The van der Waals surface area contributed by atoms with E-state index < -0.39 is 0 Å². The summed E-state index contributed by atoms with van der Waals surface area (Å²) >= 11 is 6.48. The highest BCUT2D eigenvalue weighted by atomic mass is 32.1. The van der Waals surface area contributed by atoms with Crippen LogP contribution >= 0.6 is 23.6 Å². The van der Waals surface area contributed by atoms with Gasteiger partial charge in [0.1, 0.15) is 0 Å². The van der Waals surface area contributed by atoms with Crippen molar-refractivity contribution in [3.8, 4) is 0 Å². The highest BCUT2D eigenvalue weighted by molar-refractivity contribution is 7.80. The zero-order valence-electron chi connectivity index (χ0n) is 7.36. The summed E-state index contributed by atoms with van der Waals surface area (Å²) in [6, 6.07) is 4.16. The van der Waals surface area contributed by atoms with Gasteiger partial charge in [-0.1, -0.05) is 18.3 Å². The van der Waals surface area contributed by atoms with Gasteiger partial charge in [0.15, 0.2) is 0 Å². The van der Waals surface area contributed by atoms with Gasteiger partial charge in [-0.05, 0) is 11.4 Å². The van der Waals surface area contributed by atoms with Crippen LogP contribution in [0.15, 0.2) is 17.5 Å². The SMILES string of the molecule is NC(=S)CCOCCc1cccs1. The molecule has 0 aliphatic carbocycles. The van der Waals surface area contributed by atoms with Crippen molar-refractivity contribution in [2.24, 2.45) is 5.73 Å². The van der Waals surface area contributed by atoms with E-state index in [4.69, 9.17) is 22.7 Å². The summed E-state index contributed by atoms with van der Waals surface area (Å²) in [6.07, 6.45) is 1.66. The Labute approximate surface area is 87.7 Å². The van der Waals surface area contributed by atoms with Crippen LogP contribution in [0.3, 0.4) is 0 Å². The first-order valence-electron chi connectivity index (χ1n) is 4.17. The molecule has 2 nitrogen and oxygen atoms in total. The molecule has 0 aliphatic heterocycles. The summed E-state index contributed by atoms with van der Waals surface area (Å²) in [5.74, 6) is 0. The minimum atomic E-state index is 0.524. The molecule has 0 saturated heterocycles. The molecule has 0 fully saturated rings. The van der Waals surface area contributed by atoms with Crippen LogP contribution in [0.2, 0.25) is 0 Å². The second-order valence-corrected chi connectivity index (χ2v) is 4.21. The molecule has 0 amide bonds. The molecular formula is C9H13NOS2. The lowest BCUT2D eigenvalue weighted by Crippen LogP contribution is -2.11. The van der Waals surface area contributed by atoms with Crippen LogP contribution in [0.4, 0.5) is 0 Å². The third-order valence-electron chi connectivity index (χ3n) is 1.57. The number of thiocarbonyl (C=S) groups is 1. The topological polar surface area (TPSA) is 35.2 Å². The fourth-order valence-electron chi connectivity index (χ4n) is 0.902. The number of hydrogen-bond donors (Lipinski definition) is 1. The van der Waals surface area contributed by atoms with Crippen molar-refractivity contribution >= 4 is 28.5 Å². The van der Waals surface area contributed by atoms with Crippen molar-refractivity contribution < 1.29 is 4.74 Å². The predicted molar refractivity (Wildman–Crippen MR) is 60.2 cm³/mol. The van der Waals surface area contributed by atoms with Crippen molar-refractivity contribution in [1.29, 1.82) is 0 Å². The molecule has 0 radical (unpaired) electrons. The van der Waals surface area contributed by atoms with E-state index in [2.05, 4.69) is 17.5 Å². The number of hydrogen-bond acceptors (Lipinski definition) is 3. The second kappa shape index (κ2) is 6.07. The van der Waals surface area contributed by atoms with Crippen molar-refractivity contribution in [2.75, 3.05) is 13.2 Å². The Morgan fingerprint density at radius 2 is 2.38 bits per heavy atom. The zero-order chi connectivity index (χ0) is 9.52. The van der Waals surface area contributed by atoms with Gasteiger partial charge in [-0.15, -0.1) is 11.3 Å². The van der Waals surface area contributed by atoms with Gasteiger partial charge in [0.2, 0.25) is 0 Å². The van der Waals surface area contributed by atoms with Crippen LogP contribution in [0.5, 0.6) is 0 Å². The molecule has 0 saturated carbocycles. The molecule has 0 aromatic carbocycles. The van der Waals surface area contributed by atoms with Gasteiger partial charge in [0, 0.05) is 17.7 Å². The highest BCUT2D eigenvalue weighted by Crippen LogP contribution is 2.08. The van der Waals surface area contributed by atoms with Crippen molar-refractivity contribution in [2.45, 2.75) is 12.8 Å². The summed E-state index contributed by atoms with van der Waals surface area (Å²) in [4.78, 5) is 1.88. The number of nitrogens with two attached hydrogens (primary N) is 1. The average Bonchev–Trinajstić information content (AvgIpc) is 2.55. The molecule has 0 unspecified atom stereocenters. The lowest BCUT2D eigenvalue weighted by Gasteiger charge is -2.01. The molecule has 0 aliphatic rings. The predicted octanol–water partition coefficient (Wildman–Crippen LogP) is 1.98. The number of ether oxygens (including phenoxy) is 1. The third kappa shape index (κ3) is 4.98. The van der Waals surface area contributed by atoms with Gasteiger partial charge in [-0.3, -0.25) is 0 Å². The Kier molecular flexibility index (Phi) is 4.97. The maximum absolute atomic E-state index is 5.36. The lowest BCUT2D eigenvalue weighted by molar-refractivity contribution is 0.145. The van der Waals surface area contributed by atoms with Crippen molar-refractivity contribution in [3.63, 3.8) is 0 Å². The molecule has 1 heterocycles. The minimum Gasteiger partial charge on any atom is -0.393 e. The minimum absolute atomic E-state index is 0.524. The Morgan fingerprint density at radius 3 is 3.00 bits per heavy atom. The van der Waals surface area contributed by atoms with Crippen LogP contribution in [-0.4, -0.2) is 18.2 Å². The summed E-state index contributed by atoms with van der Waals surface area (Å²) in [7, 11) is 0.